The smallest absolute Gasteiger partial charge is 0.345 e. The fourth-order valence-electron chi connectivity index (χ4n) is 2.14. The Kier molecular flexibility index (Phi) is 6.50. The lowest BCUT2D eigenvalue weighted by atomic mass is 9.94. The standard InChI is InChI=1S/C13H16F9NO3/c1-3-23(4-2)8(24)7(14)10(15,16)12(19,20)13(21,22)11(17,18)9-25-5-6-26-9/h7,9H,3-6H2,1-2H3. The number of alkyl halides is 9. The first kappa shape index (κ1) is 22.8. The number of halogens is 9. The number of hydrogen-bond acceptors (Lipinski definition) is 3. The number of carbonyl (C=O) groups excluding carboxylic acids is 1. The second kappa shape index (κ2) is 7.41. The van der Waals surface area contributed by atoms with E-state index in [1.165, 1.54) is 13.8 Å². The van der Waals surface area contributed by atoms with Gasteiger partial charge in [0.2, 0.25) is 12.5 Å². The van der Waals surface area contributed by atoms with Crippen molar-refractivity contribution >= 4 is 5.91 Å². The summed E-state index contributed by atoms with van der Waals surface area (Å²) in [6.07, 6.45) is -7.69. The van der Waals surface area contributed by atoms with Crippen LogP contribution in [0.5, 0.6) is 0 Å². The summed E-state index contributed by atoms with van der Waals surface area (Å²) in [4.78, 5) is 11.8. The third-order valence-electron chi connectivity index (χ3n) is 3.76. The molecule has 1 unspecified atom stereocenters. The maximum absolute atomic E-state index is 13.7. The van der Waals surface area contributed by atoms with Crippen molar-refractivity contribution in [3.05, 3.63) is 0 Å². The van der Waals surface area contributed by atoms with E-state index in [1.807, 2.05) is 0 Å². The lowest BCUT2D eigenvalue weighted by Gasteiger charge is -2.39. The quantitative estimate of drug-likeness (QED) is 0.583. The molecule has 1 aliphatic heterocycles. The zero-order valence-electron chi connectivity index (χ0n) is 13.6. The van der Waals surface area contributed by atoms with Crippen molar-refractivity contribution in [2.24, 2.45) is 0 Å². The molecule has 0 spiro atoms. The number of amides is 1. The Morgan fingerprint density at radius 3 is 1.77 bits per heavy atom. The Labute approximate surface area is 142 Å². The van der Waals surface area contributed by atoms with E-state index in [0.717, 1.165) is 0 Å². The van der Waals surface area contributed by atoms with E-state index < -0.39 is 68.4 Å². The van der Waals surface area contributed by atoms with E-state index in [-0.39, 0.29) is 0 Å². The van der Waals surface area contributed by atoms with Gasteiger partial charge in [0.25, 0.3) is 5.91 Å². The zero-order valence-corrected chi connectivity index (χ0v) is 13.6. The highest BCUT2D eigenvalue weighted by atomic mass is 19.4. The normalized spacial score (nSPS) is 18.9. The van der Waals surface area contributed by atoms with Crippen LogP contribution < -0.4 is 0 Å². The van der Waals surface area contributed by atoms with Gasteiger partial charge in [0.1, 0.15) is 0 Å². The van der Waals surface area contributed by atoms with Crippen LogP contribution in [0.15, 0.2) is 0 Å². The Bertz CT molecular complexity index is 505. The molecule has 4 nitrogen and oxygen atoms in total. The average Bonchev–Trinajstić information content (AvgIpc) is 3.09. The fraction of sp³-hybridized carbons (Fsp3) is 0.923. The molecular weight excluding hydrogens is 389 g/mol. The second-order valence-electron chi connectivity index (χ2n) is 5.34. The number of carbonyl (C=O) groups is 1. The summed E-state index contributed by atoms with van der Waals surface area (Å²) in [5.41, 5.74) is 0. The molecule has 0 aromatic rings. The molecule has 13 heteroatoms. The minimum atomic E-state index is -6.93. The van der Waals surface area contributed by atoms with Gasteiger partial charge in [-0.25, -0.2) is 4.39 Å². The number of nitrogens with zero attached hydrogens (tertiary/aromatic N) is 1. The van der Waals surface area contributed by atoms with Crippen LogP contribution in [0.25, 0.3) is 0 Å². The maximum Gasteiger partial charge on any atom is 0.383 e. The van der Waals surface area contributed by atoms with Gasteiger partial charge in [0.15, 0.2) is 0 Å². The van der Waals surface area contributed by atoms with E-state index in [1.54, 1.807) is 0 Å². The van der Waals surface area contributed by atoms with Gasteiger partial charge < -0.3 is 14.4 Å². The van der Waals surface area contributed by atoms with E-state index in [0.29, 0.717) is 4.90 Å². The van der Waals surface area contributed by atoms with Crippen LogP contribution in [0.1, 0.15) is 13.8 Å². The average molecular weight is 405 g/mol. The molecule has 0 saturated carbocycles. The first-order valence-corrected chi connectivity index (χ1v) is 7.37. The molecule has 0 aromatic heterocycles. The fourth-order valence-corrected chi connectivity index (χ4v) is 2.14. The van der Waals surface area contributed by atoms with E-state index in [9.17, 15) is 44.3 Å². The monoisotopic (exact) mass is 405 g/mol. The van der Waals surface area contributed by atoms with Crippen molar-refractivity contribution < 1.29 is 53.8 Å². The molecule has 0 N–H and O–H groups in total. The summed E-state index contributed by atoms with van der Waals surface area (Å²) >= 11 is 0. The third-order valence-corrected chi connectivity index (χ3v) is 3.76. The minimum absolute atomic E-state index is 0.328. The predicted octanol–water partition coefficient (Wildman–Crippen LogP) is 3.11. The number of rotatable bonds is 8. The number of hydrogen-bond donors (Lipinski definition) is 0. The van der Waals surface area contributed by atoms with Gasteiger partial charge in [-0.2, -0.15) is 35.1 Å². The zero-order chi connectivity index (χ0) is 20.6. The van der Waals surface area contributed by atoms with Gasteiger partial charge in [0, 0.05) is 13.1 Å². The third kappa shape index (κ3) is 3.35. The van der Waals surface area contributed by atoms with Crippen LogP contribution in [0.4, 0.5) is 39.5 Å². The van der Waals surface area contributed by atoms with Crippen molar-refractivity contribution in [3.8, 4) is 0 Å². The molecule has 26 heavy (non-hydrogen) atoms. The molecule has 0 aliphatic carbocycles. The van der Waals surface area contributed by atoms with Crippen molar-refractivity contribution in [2.45, 2.75) is 50.0 Å². The molecule has 1 fully saturated rings. The van der Waals surface area contributed by atoms with Gasteiger partial charge in [-0.15, -0.1) is 0 Å². The van der Waals surface area contributed by atoms with Crippen molar-refractivity contribution in [2.75, 3.05) is 26.3 Å². The van der Waals surface area contributed by atoms with Crippen LogP contribution >= 0.6 is 0 Å². The Morgan fingerprint density at radius 1 is 0.962 bits per heavy atom. The highest BCUT2D eigenvalue weighted by Gasteiger charge is 2.85. The number of ether oxygens (including phenoxy) is 2. The molecule has 1 heterocycles. The highest BCUT2D eigenvalue weighted by molar-refractivity contribution is 5.82. The maximum atomic E-state index is 13.7. The second-order valence-corrected chi connectivity index (χ2v) is 5.34. The first-order valence-electron chi connectivity index (χ1n) is 7.37. The lowest BCUT2D eigenvalue weighted by molar-refractivity contribution is -0.400. The van der Waals surface area contributed by atoms with Crippen LogP contribution in [0, 0.1) is 0 Å². The Balaban J connectivity index is 3.24. The molecule has 1 aliphatic rings. The summed E-state index contributed by atoms with van der Waals surface area (Å²) in [5, 5.41) is 0. The molecule has 0 aromatic carbocycles. The molecule has 154 valence electrons. The summed E-state index contributed by atoms with van der Waals surface area (Å²) < 4.78 is 131. The van der Waals surface area contributed by atoms with Gasteiger partial charge in [0.05, 0.1) is 13.2 Å². The minimum Gasteiger partial charge on any atom is -0.345 e. The van der Waals surface area contributed by atoms with Crippen LogP contribution in [-0.4, -0.2) is 73.3 Å². The van der Waals surface area contributed by atoms with Crippen LogP contribution in [0.2, 0.25) is 0 Å². The molecule has 1 atom stereocenters. The van der Waals surface area contributed by atoms with Crippen molar-refractivity contribution in [1.29, 1.82) is 0 Å². The van der Waals surface area contributed by atoms with E-state index >= 15 is 0 Å². The Morgan fingerprint density at radius 2 is 1.38 bits per heavy atom. The molecule has 0 bridgehead atoms. The summed E-state index contributed by atoms with van der Waals surface area (Å²) in [6, 6.07) is 0. The van der Waals surface area contributed by atoms with Crippen LogP contribution in [0.3, 0.4) is 0 Å². The highest BCUT2D eigenvalue weighted by Crippen LogP contribution is 2.55. The summed E-state index contributed by atoms with van der Waals surface area (Å²) in [5.74, 6) is -28.3. The van der Waals surface area contributed by atoms with Crippen molar-refractivity contribution in [3.63, 3.8) is 0 Å². The summed E-state index contributed by atoms with van der Waals surface area (Å²) in [6.45, 7) is 0.250. The molecule has 0 radical (unpaired) electrons. The van der Waals surface area contributed by atoms with Gasteiger partial charge in [-0.3, -0.25) is 4.79 Å². The van der Waals surface area contributed by atoms with Gasteiger partial charge >= 0.3 is 23.7 Å². The van der Waals surface area contributed by atoms with Gasteiger partial charge in [-0.1, -0.05) is 0 Å². The van der Waals surface area contributed by atoms with Crippen molar-refractivity contribution in [1.82, 2.24) is 4.90 Å². The molecule has 1 rings (SSSR count). The van der Waals surface area contributed by atoms with E-state index in [4.69, 9.17) is 0 Å². The topological polar surface area (TPSA) is 38.8 Å². The van der Waals surface area contributed by atoms with Gasteiger partial charge in [-0.05, 0) is 13.8 Å². The van der Waals surface area contributed by atoms with E-state index in [2.05, 4.69) is 9.47 Å². The predicted molar refractivity (Wildman–Crippen MR) is 68.3 cm³/mol. The van der Waals surface area contributed by atoms with Crippen LogP contribution in [-0.2, 0) is 14.3 Å². The molecule has 1 saturated heterocycles. The molecule has 1 amide bonds. The Hall–Kier alpha value is -1.24. The SMILES string of the molecule is CCN(CC)C(=O)C(F)C(F)(F)C(F)(F)C(F)(F)C(F)(F)C1OCCO1. The first-order chi connectivity index (χ1) is 11.7. The largest absolute Gasteiger partial charge is 0.383 e. The lowest BCUT2D eigenvalue weighted by Crippen LogP contribution is -2.68. The molecular formula is C13H16F9NO3. The summed E-state index contributed by atoms with van der Waals surface area (Å²) in [7, 11) is 0.